The highest BCUT2D eigenvalue weighted by Crippen LogP contribution is 2.32. The zero-order chi connectivity index (χ0) is 21.4. The van der Waals surface area contributed by atoms with E-state index in [2.05, 4.69) is 9.88 Å². The SMILES string of the molecule is COc1ccc(F)c(C(=O)N2CCN3C[C@@H](c4cc(Cl)c[nH]c4=O)OC[C@@H]3C2)c1Cl. The van der Waals surface area contributed by atoms with Gasteiger partial charge >= 0.3 is 0 Å². The lowest BCUT2D eigenvalue weighted by atomic mass is 10.0. The van der Waals surface area contributed by atoms with Gasteiger partial charge in [0, 0.05) is 37.9 Å². The predicted molar refractivity (Wildman–Crippen MR) is 110 cm³/mol. The van der Waals surface area contributed by atoms with E-state index < -0.39 is 17.8 Å². The molecule has 0 bridgehead atoms. The summed E-state index contributed by atoms with van der Waals surface area (Å²) in [6.45, 7) is 2.17. The lowest BCUT2D eigenvalue weighted by Gasteiger charge is -2.46. The molecule has 2 saturated heterocycles. The molecule has 2 aliphatic rings. The van der Waals surface area contributed by atoms with Crippen molar-refractivity contribution in [2.75, 3.05) is 39.9 Å². The van der Waals surface area contributed by atoms with Gasteiger partial charge in [0.05, 0.1) is 35.4 Å². The van der Waals surface area contributed by atoms with E-state index in [0.717, 1.165) is 0 Å². The van der Waals surface area contributed by atoms with Gasteiger partial charge in [-0.1, -0.05) is 23.2 Å². The number of ether oxygens (including phenoxy) is 2. The van der Waals surface area contributed by atoms with E-state index in [1.54, 1.807) is 11.0 Å². The van der Waals surface area contributed by atoms with Gasteiger partial charge in [-0.15, -0.1) is 0 Å². The maximum Gasteiger partial charge on any atom is 0.258 e. The molecule has 3 heterocycles. The van der Waals surface area contributed by atoms with E-state index in [0.29, 0.717) is 43.4 Å². The van der Waals surface area contributed by atoms with Gasteiger partial charge < -0.3 is 19.4 Å². The normalized spacial score (nSPS) is 21.9. The summed E-state index contributed by atoms with van der Waals surface area (Å²) in [4.78, 5) is 31.4. The van der Waals surface area contributed by atoms with Crippen molar-refractivity contribution in [3.63, 3.8) is 0 Å². The quantitative estimate of drug-likeness (QED) is 0.769. The van der Waals surface area contributed by atoms with Crippen molar-refractivity contribution in [3.8, 4) is 5.75 Å². The number of carbonyl (C=O) groups is 1. The van der Waals surface area contributed by atoms with Gasteiger partial charge in [0.25, 0.3) is 11.5 Å². The largest absolute Gasteiger partial charge is 0.495 e. The number of hydrogen-bond donors (Lipinski definition) is 1. The summed E-state index contributed by atoms with van der Waals surface area (Å²) in [6.07, 6.45) is 1.03. The van der Waals surface area contributed by atoms with E-state index in [4.69, 9.17) is 32.7 Å². The molecule has 10 heteroatoms. The van der Waals surface area contributed by atoms with Crippen LogP contribution in [0.3, 0.4) is 0 Å². The molecule has 2 atom stereocenters. The van der Waals surface area contributed by atoms with Crippen LogP contribution >= 0.6 is 23.2 Å². The zero-order valence-electron chi connectivity index (χ0n) is 16.2. The number of hydrogen-bond acceptors (Lipinski definition) is 5. The molecule has 1 amide bonds. The van der Waals surface area contributed by atoms with Crippen LogP contribution in [0, 0.1) is 5.82 Å². The molecular formula is C20H20Cl2FN3O4. The van der Waals surface area contributed by atoms with Crippen LogP contribution in [-0.2, 0) is 4.74 Å². The molecule has 0 unspecified atom stereocenters. The number of nitrogens with zero attached hydrogens (tertiary/aromatic N) is 2. The Kier molecular flexibility index (Phi) is 6.02. The average molecular weight is 456 g/mol. The van der Waals surface area contributed by atoms with Gasteiger partial charge in [-0.05, 0) is 18.2 Å². The van der Waals surface area contributed by atoms with E-state index in [9.17, 15) is 14.0 Å². The molecule has 0 radical (unpaired) electrons. The number of pyridine rings is 1. The molecule has 1 N–H and O–H groups in total. The Morgan fingerprint density at radius 2 is 2.10 bits per heavy atom. The standard InChI is InChI=1S/C20H20Cl2FN3O4/c1-29-15-3-2-14(23)17(18(15)22)20(28)26-5-4-25-9-16(30-10-12(25)8-26)13-6-11(21)7-24-19(13)27/h2-3,6-7,12,16H,4-5,8-10H2,1H3,(H,24,27)/t12-,16-/m0/s1. The van der Waals surface area contributed by atoms with Crippen LogP contribution in [0.4, 0.5) is 4.39 Å². The Bertz CT molecular complexity index is 1030. The first-order valence-electron chi connectivity index (χ1n) is 9.44. The second-order valence-electron chi connectivity index (χ2n) is 7.26. The first kappa shape index (κ1) is 21.1. The van der Waals surface area contributed by atoms with Crippen LogP contribution in [-0.4, -0.2) is 66.6 Å². The molecule has 2 aliphatic heterocycles. The third-order valence-corrected chi connectivity index (χ3v) is 6.11. The minimum Gasteiger partial charge on any atom is -0.495 e. The Labute approximate surface area is 182 Å². The van der Waals surface area contributed by atoms with Crippen LogP contribution < -0.4 is 10.3 Å². The smallest absolute Gasteiger partial charge is 0.258 e. The fourth-order valence-electron chi connectivity index (χ4n) is 3.91. The number of benzene rings is 1. The fraction of sp³-hybridized carbons (Fsp3) is 0.400. The number of aromatic amines is 1. The average Bonchev–Trinajstić information content (AvgIpc) is 2.74. The molecule has 1 aromatic carbocycles. The molecule has 30 heavy (non-hydrogen) atoms. The Hall–Kier alpha value is -2.13. The maximum atomic E-state index is 14.3. The molecule has 4 rings (SSSR count). The Balaban J connectivity index is 1.48. The third-order valence-electron chi connectivity index (χ3n) is 5.52. The molecule has 160 valence electrons. The summed E-state index contributed by atoms with van der Waals surface area (Å²) in [5.41, 5.74) is 0.0500. The van der Waals surface area contributed by atoms with Crippen molar-refractivity contribution in [2.45, 2.75) is 12.1 Å². The minimum atomic E-state index is -0.687. The summed E-state index contributed by atoms with van der Waals surface area (Å²) in [6, 6.07) is 4.10. The first-order chi connectivity index (χ1) is 14.4. The van der Waals surface area contributed by atoms with E-state index in [-0.39, 0.29) is 27.9 Å². The lowest BCUT2D eigenvalue weighted by molar-refractivity contribution is -0.0862. The van der Waals surface area contributed by atoms with Gasteiger partial charge in [0.15, 0.2) is 0 Å². The van der Waals surface area contributed by atoms with Crippen molar-refractivity contribution in [1.82, 2.24) is 14.8 Å². The molecular weight excluding hydrogens is 436 g/mol. The monoisotopic (exact) mass is 455 g/mol. The van der Waals surface area contributed by atoms with Crippen molar-refractivity contribution in [1.29, 1.82) is 0 Å². The van der Waals surface area contributed by atoms with Gasteiger partial charge in [-0.2, -0.15) is 0 Å². The summed E-state index contributed by atoms with van der Waals surface area (Å²) in [7, 11) is 1.41. The van der Waals surface area contributed by atoms with Gasteiger partial charge in [0.1, 0.15) is 17.7 Å². The highest BCUT2D eigenvalue weighted by molar-refractivity contribution is 6.35. The molecule has 1 aromatic heterocycles. The highest BCUT2D eigenvalue weighted by Gasteiger charge is 2.37. The summed E-state index contributed by atoms with van der Waals surface area (Å²) in [5, 5.41) is 0.396. The van der Waals surface area contributed by atoms with Gasteiger partial charge in [0.2, 0.25) is 0 Å². The second kappa shape index (κ2) is 8.55. The van der Waals surface area contributed by atoms with Gasteiger partial charge in [-0.3, -0.25) is 14.5 Å². The Morgan fingerprint density at radius 3 is 2.87 bits per heavy atom. The number of fused-ring (bicyclic) bond motifs is 1. The van der Waals surface area contributed by atoms with Crippen LogP contribution in [0.5, 0.6) is 5.75 Å². The van der Waals surface area contributed by atoms with E-state index in [1.807, 2.05) is 0 Å². The summed E-state index contributed by atoms with van der Waals surface area (Å²) < 4.78 is 25.4. The van der Waals surface area contributed by atoms with Crippen molar-refractivity contribution < 1.29 is 18.7 Å². The highest BCUT2D eigenvalue weighted by atomic mass is 35.5. The van der Waals surface area contributed by atoms with Crippen molar-refractivity contribution in [3.05, 3.63) is 61.7 Å². The van der Waals surface area contributed by atoms with Crippen molar-refractivity contribution in [2.24, 2.45) is 0 Å². The van der Waals surface area contributed by atoms with Crippen LogP contribution in [0.2, 0.25) is 10.0 Å². The molecule has 0 spiro atoms. The maximum absolute atomic E-state index is 14.3. The number of H-pyrrole nitrogens is 1. The van der Waals surface area contributed by atoms with Crippen LogP contribution in [0.1, 0.15) is 22.0 Å². The molecule has 0 aliphatic carbocycles. The molecule has 7 nitrogen and oxygen atoms in total. The number of morpholine rings is 1. The number of aromatic nitrogens is 1. The number of carbonyl (C=O) groups excluding carboxylic acids is 1. The molecule has 2 fully saturated rings. The third kappa shape index (κ3) is 3.92. The van der Waals surface area contributed by atoms with E-state index in [1.165, 1.54) is 25.4 Å². The summed E-state index contributed by atoms with van der Waals surface area (Å²) >= 11 is 12.2. The number of halogens is 3. The first-order valence-corrected chi connectivity index (χ1v) is 10.2. The lowest BCUT2D eigenvalue weighted by Crippen LogP contribution is -2.59. The molecule has 2 aromatic rings. The number of amides is 1. The van der Waals surface area contributed by atoms with Gasteiger partial charge in [-0.25, -0.2) is 4.39 Å². The minimum absolute atomic E-state index is 0.0370. The zero-order valence-corrected chi connectivity index (χ0v) is 17.7. The number of rotatable bonds is 3. The van der Waals surface area contributed by atoms with Crippen molar-refractivity contribution >= 4 is 29.1 Å². The number of nitrogens with one attached hydrogen (secondary N) is 1. The Morgan fingerprint density at radius 1 is 1.30 bits per heavy atom. The van der Waals surface area contributed by atoms with Crippen LogP contribution in [0.25, 0.3) is 0 Å². The predicted octanol–water partition coefficient (Wildman–Crippen LogP) is 2.73. The summed E-state index contributed by atoms with van der Waals surface area (Å²) in [5.74, 6) is -0.923. The fourth-order valence-corrected chi connectivity index (χ4v) is 4.40. The topological polar surface area (TPSA) is 74.9 Å². The van der Waals surface area contributed by atoms with Crippen LogP contribution in [0.15, 0.2) is 29.2 Å². The number of methoxy groups -OCH3 is 1. The number of piperazine rings is 1. The second-order valence-corrected chi connectivity index (χ2v) is 8.08. The van der Waals surface area contributed by atoms with E-state index >= 15 is 0 Å². The molecule has 0 saturated carbocycles.